The summed E-state index contributed by atoms with van der Waals surface area (Å²) < 4.78 is 38.8. The summed E-state index contributed by atoms with van der Waals surface area (Å²) in [5, 5.41) is 27.5. The molecule has 14 nitrogen and oxygen atoms in total. The summed E-state index contributed by atoms with van der Waals surface area (Å²) in [6, 6.07) is -1.16. The summed E-state index contributed by atoms with van der Waals surface area (Å²) in [5.41, 5.74) is 5.03. The lowest BCUT2D eigenvalue weighted by Crippen LogP contribution is -2.71. The fourth-order valence-corrected chi connectivity index (χ4v) is 6.15. The Morgan fingerprint density at radius 2 is 2.19 bits per heavy atom. The second-order valence-corrected chi connectivity index (χ2v) is 10.3. The Morgan fingerprint density at radius 3 is 2.78 bits per heavy atom. The van der Waals surface area contributed by atoms with Crippen LogP contribution in [0.2, 0.25) is 0 Å². The maximum Gasteiger partial charge on any atom is 0.425 e. The first-order valence-electron chi connectivity index (χ1n) is 10.0. The number of aryl methyl sites for hydroxylation is 1. The lowest BCUT2D eigenvalue weighted by Gasteiger charge is -2.49. The van der Waals surface area contributed by atoms with Crippen molar-refractivity contribution in [3.63, 3.8) is 0 Å². The molecule has 0 aliphatic carbocycles. The third kappa shape index (κ3) is 5.80. The topological polar surface area (TPSA) is 191 Å². The molecule has 1 saturated heterocycles. The van der Waals surface area contributed by atoms with Crippen LogP contribution >= 0.6 is 34.9 Å². The number of thiazole rings is 1. The molecule has 2 aliphatic heterocycles. The number of anilines is 1. The van der Waals surface area contributed by atoms with Gasteiger partial charge < -0.3 is 21.0 Å². The molecule has 2 atom stereocenters. The van der Waals surface area contributed by atoms with E-state index < -0.39 is 47.7 Å². The number of oxime groups is 1. The zero-order valence-electron chi connectivity index (χ0n) is 18.5. The van der Waals surface area contributed by atoms with Crippen LogP contribution in [0.1, 0.15) is 5.69 Å². The van der Waals surface area contributed by atoms with E-state index in [-0.39, 0.29) is 28.0 Å². The average molecular weight is 580 g/mol. The van der Waals surface area contributed by atoms with Crippen LogP contribution in [0, 0.1) is 0 Å². The lowest BCUT2D eigenvalue weighted by atomic mass is 10.0. The van der Waals surface area contributed by atoms with E-state index in [2.05, 4.69) is 35.8 Å². The smallest absolute Gasteiger partial charge is 0.425 e. The van der Waals surface area contributed by atoms with Crippen molar-refractivity contribution in [3.05, 3.63) is 22.3 Å². The number of aromatic nitrogens is 5. The number of hydrogen-bond donors (Lipinski definition) is 3. The van der Waals surface area contributed by atoms with Crippen LogP contribution in [0.25, 0.3) is 0 Å². The van der Waals surface area contributed by atoms with Gasteiger partial charge in [0.1, 0.15) is 22.8 Å². The number of fused-ring (bicyclic) bond motifs is 1. The second kappa shape index (κ2) is 10.5. The minimum atomic E-state index is -4.70. The molecule has 20 heteroatoms. The first-order valence-corrected chi connectivity index (χ1v) is 12.9. The zero-order valence-corrected chi connectivity index (χ0v) is 20.9. The molecule has 0 saturated carbocycles. The summed E-state index contributed by atoms with van der Waals surface area (Å²) in [6.07, 6.45) is -4.70. The number of carboxylic acid groups (broad SMARTS) is 1. The molecule has 0 spiro atoms. The monoisotopic (exact) mass is 579 g/mol. The number of β-lactam (4-membered cyclic amide) rings is 1. The number of carbonyl (C=O) groups is 3. The van der Waals surface area contributed by atoms with E-state index in [1.807, 2.05) is 0 Å². The van der Waals surface area contributed by atoms with Crippen molar-refractivity contribution in [2.45, 2.75) is 22.7 Å². The van der Waals surface area contributed by atoms with Gasteiger partial charge in [-0.2, -0.15) is 13.2 Å². The fraction of sp³-hybridized carbons (Fsp3) is 0.412. The number of alkyl halides is 3. The van der Waals surface area contributed by atoms with E-state index in [0.717, 1.165) is 16.2 Å². The first kappa shape index (κ1) is 26.7. The SMILES string of the molecule is Cn1nnnc1SCC1=C(C(=O)O)N2C(=O)C(NC(=O)C(=NOCC(F)(F)F)c3csc(N)n3)[C@@H]2SC1. The predicted octanol–water partition coefficient (Wildman–Crippen LogP) is 0.0627. The van der Waals surface area contributed by atoms with E-state index in [4.69, 9.17) is 5.73 Å². The molecule has 37 heavy (non-hydrogen) atoms. The number of hydrogen-bond acceptors (Lipinski definition) is 13. The number of nitrogens with one attached hydrogen (secondary N) is 1. The number of nitrogens with zero attached hydrogens (tertiary/aromatic N) is 7. The van der Waals surface area contributed by atoms with Crippen LogP contribution in [0.4, 0.5) is 18.3 Å². The largest absolute Gasteiger partial charge is 0.477 e. The molecule has 4 N–H and O–H groups in total. The Kier molecular flexibility index (Phi) is 7.59. The molecular weight excluding hydrogens is 563 g/mol. The third-order valence-electron chi connectivity index (χ3n) is 4.86. The van der Waals surface area contributed by atoms with E-state index >= 15 is 0 Å². The van der Waals surface area contributed by atoms with Gasteiger partial charge in [0.25, 0.3) is 11.8 Å². The van der Waals surface area contributed by atoms with Gasteiger partial charge in [-0.1, -0.05) is 16.9 Å². The van der Waals surface area contributed by atoms with Crippen LogP contribution in [0.15, 0.2) is 27.0 Å². The van der Waals surface area contributed by atoms with E-state index in [0.29, 0.717) is 10.7 Å². The Bertz CT molecular complexity index is 1290. The Morgan fingerprint density at radius 1 is 1.43 bits per heavy atom. The van der Waals surface area contributed by atoms with Crippen molar-refractivity contribution < 1.29 is 37.5 Å². The van der Waals surface area contributed by atoms with Crippen LogP contribution < -0.4 is 11.1 Å². The standard InChI is InChI=1S/C17H16F3N9O5S3/c1-28-16(24-26-27-28)37-3-6-2-35-13-9(12(31)29(13)10(6)14(32)33)23-11(30)8(7-4-36-15(21)22-7)25-34-5-17(18,19)20/h4,9,13H,2-3,5H2,1H3,(H2,21,22)(H,23,30)(H,32,33)/t9?,13-/m0/s1. The van der Waals surface area contributed by atoms with Gasteiger partial charge >= 0.3 is 12.1 Å². The maximum absolute atomic E-state index is 12.9. The van der Waals surface area contributed by atoms with Gasteiger partial charge in [-0.05, 0) is 16.0 Å². The van der Waals surface area contributed by atoms with Crippen LogP contribution in [0.3, 0.4) is 0 Å². The highest BCUT2D eigenvalue weighted by molar-refractivity contribution is 8.01. The normalized spacial score (nSPS) is 19.9. The number of nitrogens with two attached hydrogens (primary N) is 1. The molecule has 2 aromatic rings. The fourth-order valence-electron chi connectivity index (χ4n) is 3.27. The van der Waals surface area contributed by atoms with Gasteiger partial charge in [-0.3, -0.25) is 14.5 Å². The molecule has 2 aromatic heterocycles. The lowest BCUT2D eigenvalue weighted by molar-refractivity contribution is -0.174. The van der Waals surface area contributed by atoms with Crippen molar-refractivity contribution >= 4 is 63.5 Å². The Hall–Kier alpha value is -3.39. The molecule has 198 valence electrons. The van der Waals surface area contributed by atoms with Gasteiger partial charge in [-0.15, -0.1) is 28.2 Å². The quantitative estimate of drug-likeness (QED) is 0.157. The molecule has 4 rings (SSSR count). The maximum atomic E-state index is 12.9. The average Bonchev–Trinajstić information content (AvgIpc) is 3.44. The van der Waals surface area contributed by atoms with Crippen molar-refractivity contribution in [3.8, 4) is 0 Å². The number of carbonyl (C=O) groups excluding carboxylic acids is 2. The highest BCUT2D eigenvalue weighted by Crippen LogP contribution is 2.41. The highest BCUT2D eigenvalue weighted by atomic mass is 32.2. The third-order valence-corrected chi connectivity index (χ3v) is 7.97. The number of carboxylic acids is 1. The molecule has 1 unspecified atom stereocenters. The summed E-state index contributed by atoms with van der Waals surface area (Å²) in [7, 11) is 1.62. The van der Waals surface area contributed by atoms with E-state index in [9.17, 15) is 32.7 Å². The molecular formula is C17H16F3N9O5S3. The summed E-state index contributed by atoms with van der Waals surface area (Å²) in [4.78, 5) is 46.9. The number of thioether (sulfide) groups is 2. The van der Waals surface area contributed by atoms with Gasteiger partial charge in [0.05, 0.1) is 0 Å². The number of nitrogen functional groups attached to an aromatic ring is 1. The van der Waals surface area contributed by atoms with Crippen LogP contribution in [-0.2, 0) is 26.3 Å². The number of amides is 2. The highest BCUT2D eigenvalue weighted by Gasteiger charge is 2.54. The van der Waals surface area contributed by atoms with Crippen molar-refractivity contribution in [1.29, 1.82) is 0 Å². The zero-order chi connectivity index (χ0) is 26.9. The summed E-state index contributed by atoms with van der Waals surface area (Å²) in [6.45, 7) is -1.75. The summed E-state index contributed by atoms with van der Waals surface area (Å²) >= 11 is 3.32. The molecule has 0 bridgehead atoms. The number of aliphatic carboxylic acids is 1. The minimum absolute atomic E-state index is 0.0267. The Balaban J connectivity index is 1.49. The van der Waals surface area contributed by atoms with Gasteiger partial charge in [0.15, 0.2) is 10.8 Å². The molecule has 0 aromatic carbocycles. The number of tetrazole rings is 1. The molecule has 1 fully saturated rings. The van der Waals surface area contributed by atoms with Gasteiger partial charge in [-0.25, -0.2) is 14.5 Å². The van der Waals surface area contributed by atoms with E-state index in [1.54, 1.807) is 7.05 Å². The molecule has 2 amide bonds. The second-order valence-electron chi connectivity index (χ2n) is 7.39. The molecule has 0 radical (unpaired) electrons. The van der Waals surface area contributed by atoms with E-state index in [1.165, 1.54) is 33.6 Å². The van der Waals surface area contributed by atoms with Crippen molar-refractivity contribution in [2.75, 3.05) is 23.8 Å². The van der Waals surface area contributed by atoms with Gasteiger partial charge in [0, 0.05) is 23.9 Å². The van der Waals surface area contributed by atoms with Crippen LogP contribution in [0.5, 0.6) is 0 Å². The molecule has 2 aliphatic rings. The van der Waals surface area contributed by atoms with Crippen molar-refractivity contribution in [1.82, 2.24) is 35.4 Å². The number of halogens is 3. The first-order chi connectivity index (χ1) is 17.5. The van der Waals surface area contributed by atoms with Crippen molar-refractivity contribution in [2.24, 2.45) is 12.2 Å². The predicted molar refractivity (Wildman–Crippen MR) is 124 cm³/mol. The van der Waals surface area contributed by atoms with Gasteiger partial charge in [0.2, 0.25) is 11.8 Å². The Labute approximate surface area is 217 Å². The van der Waals surface area contributed by atoms with Crippen LogP contribution in [-0.4, -0.2) is 94.4 Å². The minimum Gasteiger partial charge on any atom is -0.477 e. The number of rotatable bonds is 9. The molecule has 4 heterocycles. The summed E-state index contributed by atoms with van der Waals surface area (Å²) in [5.74, 6) is -2.63.